The summed E-state index contributed by atoms with van der Waals surface area (Å²) < 4.78 is 5.23. The van der Waals surface area contributed by atoms with Gasteiger partial charge >= 0.3 is 0 Å². The Labute approximate surface area is 166 Å². The predicted octanol–water partition coefficient (Wildman–Crippen LogP) is 3.43. The second-order valence-electron chi connectivity index (χ2n) is 6.99. The van der Waals surface area contributed by atoms with Crippen molar-refractivity contribution in [3.8, 4) is 5.75 Å². The number of piperidine rings is 1. The van der Waals surface area contributed by atoms with E-state index >= 15 is 0 Å². The van der Waals surface area contributed by atoms with Gasteiger partial charge in [0.1, 0.15) is 11.4 Å². The summed E-state index contributed by atoms with van der Waals surface area (Å²) in [6.07, 6.45) is 1.30. The zero-order chi connectivity index (χ0) is 19.7. The number of thiazole rings is 1. The maximum Gasteiger partial charge on any atom is 0.270 e. The van der Waals surface area contributed by atoms with E-state index in [4.69, 9.17) is 4.74 Å². The van der Waals surface area contributed by atoms with Gasteiger partial charge in [-0.05, 0) is 38.0 Å². The Hall–Kier alpha value is -2.87. The number of anilines is 1. The molecule has 2 amide bonds. The minimum absolute atomic E-state index is 0.0147. The van der Waals surface area contributed by atoms with Crippen LogP contribution in [0.1, 0.15) is 29.0 Å². The lowest BCUT2D eigenvalue weighted by atomic mass is 9.96. The Morgan fingerprint density at radius 2 is 2.07 bits per heavy atom. The molecular weight excluding hydrogens is 376 g/mol. The minimum atomic E-state index is -0.0970. The van der Waals surface area contributed by atoms with Crippen LogP contribution in [0.3, 0.4) is 0 Å². The number of H-pyrrole nitrogens is 1. The van der Waals surface area contributed by atoms with Gasteiger partial charge in [-0.25, -0.2) is 4.98 Å². The molecule has 3 aromatic rings. The van der Waals surface area contributed by atoms with Crippen molar-refractivity contribution in [1.29, 1.82) is 0 Å². The van der Waals surface area contributed by atoms with Crippen molar-refractivity contribution in [2.75, 3.05) is 25.5 Å². The Bertz CT molecular complexity index is 1020. The molecule has 1 saturated heterocycles. The highest BCUT2D eigenvalue weighted by Crippen LogP contribution is 2.25. The standard InChI is InChI=1S/C20H22N4O3S/c1-12-11-28-20(21-12)23-18(25)13-5-7-24(8-6-13)19(26)17-9-14-3-4-15(27-2)10-16(14)22-17/h3-4,9-11,13,22H,5-8H2,1-2H3,(H,21,23,25). The van der Waals surface area contributed by atoms with E-state index in [1.807, 2.05) is 36.6 Å². The maximum absolute atomic E-state index is 12.8. The highest BCUT2D eigenvalue weighted by atomic mass is 32.1. The summed E-state index contributed by atoms with van der Waals surface area (Å²) in [4.78, 5) is 34.5. The van der Waals surface area contributed by atoms with Crippen LogP contribution in [-0.2, 0) is 4.79 Å². The number of hydrogen-bond donors (Lipinski definition) is 2. The molecule has 0 spiro atoms. The summed E-state index contributed by atoms with van der Waals surface area (Å²) in [6, 6.07) is 7.54. The third-order valence-electron chi connectivity index (χ3n) is 5.06. The lowest BCUT2D eigenvalue weighted by Gasteiger charge is -2.30. The number of nitrogens with zero attached hydrogens (tertiary/aromatic N) is 2. The van der Waals surface area contributed by atoms with Crippen LogP contribution in [0.25, 0.3) is 10.9 Å². The molecule has 1 aliphatic rings. The summed E-state index contributed by atoms with van der Waals surface area (Å²) >= 11 is 1.43. The molecule has 2 aromatic heterocycles. The van der Waals surface area contributed by atoms with Gasteiger partial charge in [-0.15, -0.1) is 11.3 Å². The summed E-state index contributed by atoms with van der Waals surface area (Å²) in [7, 11) is 1.62. The van der Waals surface area contributed by atoms with Crippen molar-refractivity contribution >= 4 is 39.2 Å². The van der Waals surface area contributed by atoms with E-state index in [1.54, 1.807) is 12.0 Å². The topological polar surface area (TPSA) is 87.3 Å². The first-order valence-electron chi connectivity index (χ1n) is 9.22. The zero-order valence-corrected chi connectivity index (χ0v) is 16.6. The number of aromatic amines is 1. The molecule has 4 rings (SSSR count). The third-order valence-corrected chi connectivity index (χ3v) is 5.94. The number of carbonyl (C=O) groups excluding carboxylic acids is 2. The largest absolute Gasteiger partial charge is 0.497 e. The van der Waals surface area contributed by atoms with E-state index in [2.05, 4.69) is 15.3 Å². The Balaban J connectivity index is 1.37. The number of likely N-dealkylation sites (tertiary alicyclic amines) is 1. The molecule has 146 valence electrons. The fourth-order valence-electron chi connectivity index (χ4n) is 3.48. The van der Waals surface area contributed by atoms with E-state index in [0.717, 1.165) is 22.3 Å². The van der Waals surface area contributed by atoms with Crippen LogP contribution in [0.5, 0.6) is 5.75 Å². The van der Waals surface area contributed by atoms with Crippen LogP contribution in [0, 0.1) is 12.8 Å². The number of ether oxygens (including phenoxy) is 1. The SMILES string of the molecule is COc1ccc2cc(C(=O)N3CCC(C(=O)Nc4nc(C)cs4)CC3)[nH]c2c1. The summed E-state index contributed by atoms with van der Waals surface area (Å²) in [5, 5.41) is 6.40. The van der Waals surface area contributed by atoms with Crippen LogP contribution in [0.2, 0.25) is 0 Å². The van der Waals surface area contributed by atoms with Crippen molar-refractivity contribution in [2.24, 2.45) is 5.92 Å². The number of rotatable bonds is 4. The third kappa shape index (κ3) is 3.73. The lowest BCUT2D eigenvalue weighted by molar-refractivity contribution is -0.121. The number of carbonyl (C=O) groups is 2. The Kier molecular flexibility index (Phi) is 5.04. The molecule has 1 aliphatic heterocycles. The average Bonchev–Trinajstić information content (AvgIpc) is 3.32. The van der Waals surface area contributed by atoms with Crippen LogP contribution in [0.4, 0.5) is 5.13 Å². The lowest BCUT2D eigenvalue weighted by Crippen LogP contribution is -2.41. The van der Waals surface area contributed by atoms with E-state index < -0.39 is 0 Å². The van der Waals surface area contributed by atoms with Crippen LogP contribution < -0.4 is 10.1 Å². The summed E-state index contributed by atoms with van der Waals surface area (Å²) in [5.74, 6) is 0.597. The van der Waals surface area contributed by atoms with Gasteiger partial charge in [0.2, 0.25) is 5.91 Å². The molecule has 8 heteroatoms. The molecule has 0 unspecified atom stereocenters. The molecule has 0 bridgehead atoms. The fourth-order valence-corrected chi connectivity index (χ4v) is 4.17. The van der Waals surface area contributed by atoms with Crippen molar-refractivity contribution < 1.29 is 14.3 Å². The van der Waals surface area contributed by atoms with Gasteiger partial charge in [0.15, 0.2) is 5.13 Å². The maximum atomic E-state index is 12.8. The molecule has 3 heterocycles. The number of aromatic nitrogens is 2. The molecule has 28 heavy (non-hydrogen) atoms. The Morgan fingerprint density at radius 3 is 2.75 bits per heavy atom. The smallest absolute Gasteiger partial charge is 0.270 e. The Morgan fingerprint density at radius 1 is 1.29 bits per heavy atom. The number of hydrogen-bond acceptors (Lipinski definition) is 5. The van der Waals surface area contributed by atoms with E-state index in [-0.39, 0.29) is 17.7 Å². The monoisotopic (exact) mass is 398 g/mol. The normalized spacial score (nSPS) is 15.0. The number of fused-ring (bicyclic) bond motifs is 1. The van der Waals surface area contributed by atoms with Gasteiger partial charge in [-0.2, -0.15) is 0 Å². The fraction of sp³-hybridized carbons (Fsp3) is 0.350. The van der Waals surface area contributed by atoms with Gasteiger partial charge in [0.25, 0.3) is 5.91 Å². The molecule has 2 N–H and O–H groups in total. The van der Waals surface area contributed by atoms with Crippen LogP contribution >= 0.6 is 11.3 Å². The molecule has 0 atom stereocenters. The molecular formula is C20H22N4O3S. The second-order valence-corrected chi connectivity index (χ2v) is 7.84. The van der Waals surface area contributed by atoms with E-state index in [9.17, 15) is 9.59 Å². The van der Waals surface area contributed by atoms with E-state index in [1.165, 1.54) is 11.3 Å². The molecule has 7 nitrogen and oxygen atoms in total. The van der Waals surface area contributed by atoms with Gasteiger partial charge in [0.05, 0.1) is 12.8 Å². The number of benzene rings is 1. The number of amides is 2. The van der Waals surface area contributed by atoms with Crippen LogP contribution in [-0.4, -0.2) is 46.9 Å². The minimum Gasteiger partial charge on any atom is -0.497 e. The van der Waals surface area contributed by atoms with E-state index in [0.29, 0.717) is 36.8 Å². The summed E-state index contributed by atoms with van der Waals surface area (Å²) in [6.45, 7) is 3.02. The highest BCUT2D eigenvalue weighted by Gasteiger charge is 2.28. The molecule has 1 aromatic carbocycles. The van der Waals surface area contributed by atoms with Crippen LogP contribution in [0.15, 0.2) is 29.6 Å². The average molecular weight is 398 g/mol. The predicted molar refractivity (Wildman–Crippen MR) is 109 cm³/mol. The van der Waals surface area contributed by atoms with Gasteiger partial charge in [0, 0.05) is 41.4 Å². The quantitative estimate of drug-likeness (QED) is 0.705. The molecule has 1 fully saturated rings. The number of methoxy groups -OCH3 is 1. The van der Waals surface area contributed by atoms with Crippen molar-refractivity contribution in [3.63, 3.8) is 0 Å². The van der Waals surface area contributed by atoms with Crippen molar-refractivity contribution in [3.05, 3.63) is 41.0 Å². The molecule has 0 saturated carbocycles. The molecule has 0 aliphatic carbocycles. The first-order chi connectivity index (χ1) is 13.5. The van der Waals surface area contributed by atoms with Gasteiger partial charge in [-0.3, -0.25) is 9.59 Å². The number of nitrogens with one attached hydrogen (secondary N) is 2. The highest BCUT2D eigenvalue weighted by molar-refractivity contribution is 7.13. The van der Waals surface area contributed by atoms with Gasteiger partial charge in [-0.1, -0.05) is 0 Å². The van der Waals surface area contributed by atoms with Crippen molar-refractivity contribution in [1.82, 2.24) is 14.9 Å². The molecule has 0 radical (unpaired) electrons. The zero-order valence-electron chi connectivity index (χ0n) is 15.8. The van der Waals surface area contributed by atoms with Gasteiger partial charge < -0.3 is 19.9 Å². The van der Waals surface area contributed by atoms with Crippen molar-refractivity contribution in [2.45, 2.75) is 19.8 Å². The first-order valence-corrected chi connectivity index (χ1v) is 10.1. The number of aryl methyl sites for hydroxylation is 1. The first kappa shape index (κ1) is 18.5. The summed E-state index contributed by atoms with van der Waals surface area (Å²) in [5.41, 5.74) is 2.33. The second kappa shape index (κ2) is 7.63.